The molecule has 0 aliphatic carbocycles. The normalized spacial score (nSPS) is 11.2. The van der Waals surface area contributed by atoms with Gasteiger partial charge in [0.05, 0.1) is 0 Å². The number of carbonyl (C=O) groups is 2. The van der Waals surface area contributed by atoms with E-state index < -0.39 is 17.2 Å². The summed E-state index contributed by atoms with van der Waals surface area (Å²) in [6, 6.07) is 1.00. The molecule has 9 nitrogen and oxygen atoms in total. The van der Waals surface area contributed by atoms with Crippen molar-refractivity contribution < 1.29 is 19.1 Å². The van der Waals surface area contributed by atoms with Gasteiger partial charge in [0, 0.05) is 19.0 Å². The highest BCUT2D eigenvalue weighted by atomic mass is 16.5. The maximum atomic E-state index is 12.5. The standard InChI is InChI=1S/C32H57N3O6/c1-3-5-7-9-12-16-20-27(21-17-13-10-8-6-4-2)41-30(37)22-18-14-11-15-19-23-33-24-25-40-31(38)28-26-29(36)35-32(39)34-28/h26-27,33H,3-25H2,1-2H3,(H2,34,35,36,39). The second-order valence-corrected chi connectivity index (χ2v) is 11.1. The van der Waals surface area contributed by atoms with E-state index >= 15 is 0 Å². The zero-order valence-electron chi connectivity index (χ0n) is 25.9. The van der Waals surface area contributed by atoms with E-state index in [9.17, 15) is 19.2 Å². The summed E-state index contributed by atoms with van der Waals surface area (Å²) in [4.78, 5) is 51.1. The Labute approximate surface area is 247 Å². The lowest BCUT2D eigenvalue weighted by molar-refractivity contribution is -0.150. The Kier molecular flexibility index (Phi) is 22.6. The van der Waals surface area contributed by atoms with E-state index in [2.05, 4.69) is 24.1 Å². The molecule has 1 aromatic heterocycles. The maximum Gasteiger partial charge on any atom is 0.355 e. The summed E-state index contributed by atoms with van der Waals surface area (Å²) in [5.74, 6) is -0.767. The van der Waals surface area contributed by atoms with Crippen LogP contribution in [0.1, 0.15) is 153 Å². The molecule has 1 rings (SSSR count). The zero-order chi connectivity index (χ0) is 30.0. The fourth-order valence-electron chi connectivity index (χ4n) is 4.86. The van der Waals surface area contributed by atoms with Gasteiger partial charge in [-0.15, -0.1) is 0 Å². The second-order valence-electron chi connectivity index (χ2n) is 11.1. The minimum absolute atomic E-state index is 0.0348. The van der Waals surface area contributed by atoms with Crippen LogP contribution in [0.2, 0.25) is 0 Å². The monoisotopic (exact) mass is 579 g/mol. The molecular formula is C32H57N3O6. The molecule has 9 heteroatoms. The Morgan fingerprint density at radius 2 is 1.29 bits per heavy atom. The number of carbonyl (C=O) groups excluding carboxylic acids is 2. The molecular weight excluding hydrogens is 522 g/mol. The molecule has 0 saturated carbocycles. The van der Waals surface area contributed by atoms with E-state index in [-0.39, 0.29) is 24.4 Å². The number of rotatable bonds is 27. The van der Waals surface area contributed by atoms with E-state index in [1.807, 2.05) is 4.98 Å². The quantitative estimate of drug-likeness (QED) is 0.0794. The number of aromatic amines is 2. The number of hydrogen-bond acceptors (Lipinski definition) is 7. The SMILES string of the molecule is CCCCCCCCC(CCCCCCCC)OC(=O)CCCCCCCNCCOC(=O)c1cc(=O)[nH]c(=O)[nH]1. The molecule has 3 N–H and O–H groups in total. The van der Waals surface area contributed by atoms with Crippen LogP contribution in [-0.4, -0.2) is 47.7 Å². The molecule has 41 heavy (non-hydrogen) atoms. The van der Waals surface area contributed by atoms with Crippen LogP contribution in [0.15, 0.2) is 15.7 Å². The third kappa shape index (κ3) is 21.0. The number of aromatic nitrogens is 2. The van der Waals surface area contributed by atoms with Crippen molar-refractivity contribution >= 4 is 11.9 Å². The summed E-state index contributed by atoms with van der Waals surface area (Å²) in [6.45, 7) is 5.92. The first-order valence-electron chi connectivity index (χ1n) is 16.4. The van der Waals surface area contributed by atoms with E-state index in [1.165, 1.54) is 64.2 Å². The van der Waals surface area contributed by atoms with Crippen LogP contribution in [-0.2, 0) is 14.3 Å². The molecule has 0 bridgehead atoms. The Hall–Kier alpha value is -2.42. The maximum absolute atomic E-state index is 12.5. The van der Waals surface area contributed by atoms with Crippen LogP contribution in [0.4, 0.5) is 0 Å². The molecule has 0 radical (unpaired) electrons. The van der Waals surface area contributed by atoms with Crippen LogP contribution in [0.5, 0.6) is 0 Å². The van der Waals surface area contributed by atoms with Gasteiger partial charge in [0.1, 0.15) is 18.4 Å². The van der Waals surface area contributed by atoms with Gasteiger partial charge in [-0.25, -0.2) is 9.59 Å². The van der Waals surface area contributed by atoms with Crippen LogP contribution in [0, 0.1) is 0 Å². The third-order valence-corrected chi connectivity index (χ3v) is 7.28. The topological polar surface area (TPSA) is 130 Å². The van der Waals surface area contributed by atoms with Gasteiger partial charge in [-0.1, -0.05) is 97.3 Å². The highest BCUT2D eigenvalue weighted by Gasteiger charge is 2.14. The minimum atomic E-state index is -0.740. The lowest BCUT2D eigenvalue weighted by atomic mass is 10.0. The zero-order valence-corrected chi connectivity index (χ0v) is 25.9. The molecule has 1 aromatic rings. The number of esters is 2. The molecule has 0 unspecified atom stereocenters. The van der Waals surface area contributed by atoms with Gasteiger partial charge >= 0.3 is 17.6 Å². The number of ether oxygens (including phenoxy) is 2. The molecule has 0 saturated heterocycles. The van der Waals surface area contributed by atoms with Crippen LogP contribution >= 0.6 is 0 Å². The predicted octanol–water partition coefficient (Wildman–Crippen LogP) is 6.56. The average molecular weight is 580 g/mol. The van der Waals surface area contributed by atoms with E-state index in [4.69, 9.17) is 9.47 Å². The summed E-state index contributed by atoms with van der Waals surface area (Å²) >= 11 is 0. The van der Waals surface area contributed by atoms with Crippen LogP contribution < -0.4 is 16.6 Å². The number of unbranched alkanes of at least 4 members (excludes halogenated alkanes) is 14. The first-order chi connectivity index (χ1) is 20.0. The molecule has 0 aromatic carbocycles. The molecule has 0 atom stereocenters. The summed E-state index contributed by atoms with van der Waals surface area (Å²) < 4.78 is 11.0. The largest absolute Gasteiger partial charge is 0.462 e. The summed E-state index contributed by atoms with van der Waals surface area (Å²) in [6.07, 6.45) is 22.8. The highest BCUT2D eigenvalue weighted by molar-refractivity contribution is 5.86. The molecule has 0 aliphatic rings. The van der Waals surface area contributed by atoms with Crippen molar-refractivity contribution in [3.05, 3.63) is 32.6 Å². The van der Waals surface area contributed by atoms with Crippen LogP contribution in [0.3, 0.4) is 0 Å². The van der Waals surface area contributed by atoms with Crippen molar-refractivity contribution in [2.24, 2.45) is 0 Å². The number of H-pyrrole nitrogens is 2. The molecule has 0 aliphatic heterocycles. The Morgan fingerprint density at radius 1 is 0.732 bits per heavy atom. The third-order valence-electron chi connectivity index (χ3n) is 7.28. The van der Waals surface area contributed by atoms with Crippen molar-refractivity contribution in [3.63, 3.8) is 0 Å². The van der Waals surface area contributed by atoms with Crippen molar-refractivity contribution in [1.82, 2.24) is 15.3 Å². The highest BCUT2D eigenvalue weighted by Crippen LogP contribution is 2.18. The molecule has 0 fully saturated rings. The Morgan fingerprint density at radius 3 is 1.90 bits per heavy atom. The smallest absolute Gasteiger partial charge is 0.355 e. The summed E-state index contributed by atoms with van der Waals surface area (Å²) in [5, 5.41) is 3.22. The van der Waals surface area contributed by atoms with Crippen molar-refractivity contribution in [2.45, 2.75) is 148 Å². The average Bonchev–Trinajstić information content (AvgIpc) is 2.94. The van der Waals surface area contributed by atoms with Gasteiger partial charge < -0.3 is 19.8 Å². The Balaban J connectivity index is 2.10. The van der Waals surface area contributed by atoms with Gasteiger partial charge in [0.2, 0.25) is 0 Å². The van der Waals surface area contributed by atoms with Crippen molar-refractivity contribution in [1.29, 1.82) is 0 Å². The number of hydrogen-bond donors (Lipinski definition) is 3. The van der Waals surface area contributed by atoms with E-state index in [0.717, 1.165) is 70.4 Å². The van der Waals surface area contributed by atoms with Crippen molar-refractivity contribution in [2.75, 3.05) is 19.7 Å². The van der Waals surface area contributed by atoms with Gasteiger partial charge in [0.25, 0.3) is 5.56 Å². The summed E-state index contributed by atoms with van der Waals surface area (Å²) in [7, 11) is 0. The lowest BCUT2D eigenvalue weighted by Gasteiger charge is -2.18. The van der Waals surface area contributed by atoms with Gasteiger partial charge in [-0.3, -0.25) is 14.6 Å². The van der Waals surface area contributed by atoms with Gasteiger partial charge in [0.15, 0.2) is 0 Å². The minimum Gasteiger partial charge on any atom is -0.462 e. The fourth-order valence-corrected chi connectivity index (χ4v) is 4.86. The molecule has 0 spiro atoms. The fraction of sp³-hybridized carbons (Fsp3) is 0.812. The molecule has 236 valence electrons. The van der Waals surface area contributed by atoms with Crippen LogP contribution in [0.25, 0.3) is 0 Å². The molecule has 1 heterocycles. The lowest BCUT2D eigenvalue weighted by Crippen LogP contribution is -2.27. The van der Waals surface area contributed by atoms with E-state index in [1.54, 1.807) is 0 Å². The predicted molar refractivity (Wildman–Crippen MR) is 164 cm³/mol. The van der Waals surface area contributed by atoms with E-state index in [0.29, 0.717) is 13.0 Å². The second kappa shape index (κ2) is 25.3. The number of nitrogens with one attached hydrogen (secondary N) is 3. The first kappa shape index (κ1) is 36.6. The first-order valence-corrected chi connectivity index (χ1v) is 16.4. The van der Waals surface area contributed by atoms with Crippen molar-refractivity contribution in [3.8, 4) is 0 Å². The van der Waals surface area contributed by atoms with Gasteiger partial charge in [-0.05, 0) is 45.1 Å². The van der Waals surface area contributed by atoms with Gasteiger partial charge in [-0.2, -0.15) is 0 Å². The molecule has 0 amide bonds. The summed E-state index contributed by atoms with van der Waals surface area (Å²) in [5.41, 5.74) is -1.55. The Bertz CT molecular complexity index is 869.